The van der Waals surface area contributed by atoms with Gasteiger partial charge < -0.3 is 20.1 Å². The monoisotopic (exact) mass is 370 g/mol. The van der Waals surface area contributed by atoms with E-state index in [1.54, 1.807) is 28.1 Å². The fourth-order valence-corrected chi connectivity index (χ4v) is 2.59. The Morgan fingerprint density at radius 2 is 1.15 bits per heavy atom. The lowest BCUT2D eigenvalue weighted by Gasteiger charge is -2.23. The summed E-state index contributed by atoms with van der Waals surface area (Å²) in [5.41, 5.74) is 0.474. The van der Waals surface area contributed by atoms with Crippen LogP contribution in [0.15, 0.2) is 48.5 Å². The molecule has 27 heavy (non-hydrogen) atoms. The summed E-state index contributed by atoms with van der Waals surface area (Å²) >= 11 is 0. The Morgan fingerprint density at radius 3 is 1.52 bits per heavy atom. The zero-order valence-corrected chi connectivity index (χ0v) is 16.2. The molecule has 2 aromatic rings. The summed E-state index contributed by atoms with van der Waals surface area (Å²) in [4.78, 5) is 25.2. The van der Waals surface area contributed by atoms with Crippen LogP contribution >= 0.6 is 0 Å². The lowest BCUT2D eigenvalue weighted by Crippen LogP contribution is -2.47. The molecule has 144 valence electrons. The summed E-state index contributed by atoms with van der Waals surface area (Å²) < 4.78 is 10.6. The number of ether oxygens (including phenoxy) is 2. The van der Waals surface area contributed by atoms with E-state index in [1.807, 2.05) is 48.5 Å². The van der Waals surface area contributed by atoms with Crippen LogP contribution in [0, 0.1) is 5.41 Å². The van der Waals surface area contributed by atoms with Crippen LogP contribution in [0.4, 0.5) is 0 Å². The summed E-state index contributed by atoms with van der Waals surface area (Å²) in [5, 5.41) is 5.62. The Labute approximate surface area is 159 Å². The van der Waals surface area contributed by atoms with Gasteiger partial charge in [0.1, 0.15) is 16.9 Å². The lowest BCUT2D eigenvalue weighted by atomic mass is 9.90. The van der Waals surface area contributed by atoms with Crippen LogP contribution in [0.2, 0.25) is 0 Å². The number of amides is 2. The average molecular weight is 370 g/mol. The molecule has 0 radical (unpaired) electrons. The van der Waals surface area contributed by atoms with Crippen LogP contribution in [-0.2, 0) is 22.7 Å². The highest BCUT2D eigenvalue weighted by molar-refractivity contribution is 6.04. The first kappa shape index (κ1) is 20.3. The fraction of sp³-hybridized carbons (Fsp3) is 0.333. The number of rotatable bonds is 8. The van der Waals surface area contributed by atoms with Gasteiger partial charge in [0.05, 0.1) is 14.2 Å². The molecular weight excluding hydrogens is 344 g/mol. The van der Waals surface area contributed by atoms with Crippen LogP contribution in [0.5, 0.6) is 11.5 Å². The molecule has 0 aliphatic heterocycles. The van der Waals surface area contributed by atoms with Crippen LogP contribution in [0.1, 0.15) is 25.0 Å². The van der Waals surface area contributed by atoms with Crippen LogP contribution in [-0.4, -0.2) is 26.0 Å². The van der Waals surface area contributed by atoms with Gasteiger partial charge in [0.2, 0.25) is 11.8 Å². The minimum atomic E-state index is -1.22. The number of hydrogen-bond donors (Lipinski definition) is 2. The number of hydrogen-bond acceptors (Lipinski definition) is 4. The molecule has 0 saturated heterocycles. The van der Waals surface area contributed by atoms with Crippen molar-refractivity contribution in [2.24, 2.45) is 5.41 Å². The highest BCUT2D eigenvalue weighted by Gasteiger charge is 2.35. The predicted molar refractivity (Wildman–Crippen MR) is 103 cm³/mol. The molecule has 2 N–H and O–H groups in total. The predicted octanol–water partition coefficient (Wildman–Crippen LogP) is 2.66. The summed E-state index contributed by atoms with van der Waals surface area (Å²) in [6.45, 7) is 3.77. The topological polar surface area (TPSA) is 76.7 Å². The Hall–Kier alpha value is -3.02. The molecular formula is C21H26N2O4. The van der Waals surface area contributed by atoms with Gasteiger partial charge in [-0.2, -0.15) is 0 Å². The third-order valence-electron chi connectivity index (χ3n) is 4.40. The second kappa shape index (κ2) is 9.07. The van der Waals surface area contributed by atoms with Crippen molar-refractivity contribution in [1.29, 1.82) is 0 Å². The first-order valence-corrected chi connectivity index (χ1v) is 8.70. The summed E-state index contributed by atoms with van der Waals surface area (Å²) in [7, 11) is 3.16. The third-order valence-corrected chi connectivity index (χ3v) is 4.40. The van der Waals surface area contributed by atoms with Crippen molar-refractivity contribution in [3.8, 4) is 11.5 Å². The van der Waals surface area contributed by atoms with E-state index in [1.165, 1.54) is 0 Å². The molecule has 0 aliphatic carbocycles. The molecule has 0 spiro atoms. The van der Waals surface area contributed by atoms with E-state index >= 15 is 0 Å². The van der Waals surface area contributed by atoms with Gasteiger partial charge >= 0.3 is 0 Å². The molecule has 0 heterocycles. The maximum Gasteiger partial charge on any atom is 0.235 e. The summed E-state index contributed by atoms with van der Waals surface area (Å²) in [5.74, 6) is 0.671. The second-order valence-electron chi connectivity index (χ2n) is 6.61. The standard InChI is InChI=1S/C21H26N2O4/c1-21(2,19(24)22-13-15-9-5-7-11-17(15)26-3)20(25)23-14-16-10-6-8-12-18(16)27-4/h5-12H,13-14H2,1-4H3,(H,22,24)(H,23,25). The van der Waals surface area contributed by atoms with Crippen molar-refractivity contribution in [1.82, 2.24) is 10.6 Å². The normalized spacial score (nSPS) is 10.8. The maximum absolute atomic E-state index is 12.6. The fourth-order valence-electron chi connectivity index (χ4n) is 2.59. The van der Waals surface area contributed by atoms with Gasteiger partial charge in [-0.3, -0.25) is 9.59 Å². The molecule has 0 aromatic heterocycles. The number of benzene rings is 2. The van der Waals surface area contributed by atoms with Crippen molar-refractivity contribution in [2.75, 3.05) is 14.2 Å². The molecule has 0 saturated carbocycles. The molecule has 6 heteroatoms. The second-order valence-corrected chi connectivity index (χ2v) is 6.61. The zero-order chi connectivity index (χ0) is 19.9. The summed E-state index contributed by atoms with van der Waals surface area (Å²) in [6.07, 6.45) is 0. The van der Waals surface area contributed by atoms with Crippen LogP contribution < -0.4 is 20.1 Å². The maximum atomic E-state index is 12.6. The molecule has 2 rings (SSSR count). The number of nitrogens with one attached hydrogen (secondary N) is 2. The van der Waals surface area contributed by atoms with Crippen LogP contribution in [0.3, 0.4) is 0 Å². The Bertz CT molecular complexity index is 737. The molecule has 0 atom stereocenters. The van der Waals surface area contributed by atoms with E-state index in [0.29, 0.717) is 11.5 Å². The minimum absolute atomic E-state index is 0.284. The van der Waals surface area contributed by atoms with E-state index in [0.717, 1.165) is 11.1 Å². The highest BCUT2D eigenvalue weighted by atomic mass is 16.5. The number of para-hydroxylation sites is 2. The van der Waals surface area contributed by atoms with E-state index in [4.69, 9.17) is 9.47 Å². The van der Waals surface area contributed by atoms with Crippen molar-refractivity contribution in [2.45, 2.75) is 26.9 Å². The van der Waals surface area contributed by atoms with Gasteiger partial charge in [-0.25, -0.2) is 0 Å². The van der Waals surface area contributed by atoms with Gasteiger partial charge in [-0.1, -0.05) is 36.4 Å². The zero-order valence-electron chi connectivity index (χ0n) is 16.2. The van der Waals surface area contributed by atoms with Crippen molar-refractivity contribution in [3.63, 3.8) is 0 Å². The van der Waals surface area contributed by atoms with E-state index in [-0.39, 0.29) is 24.9 Å². The Kier molecular flexibility index (Phi) is 6.82. The largest absolute Gasteiger partial charge is 0.496 e. The highest BCUT2D eigenvalue weighted by Crippen LogP contribution is 2.21. The first-order valence-electron chi connectivity index (χ1n) is 8.70. The SMILES string of the molecule is COc1ccccc1CNC(=O)C(C)(C)C(=O)NCc1ccccc1OC. The Balaban J connectivity index is 1.97. The molecule has 6 nitrogen and oxygen atoms in total. The smallest absolute Gasteiger partial charge is 0.235 e. The molecule has 0 bridgehead atoms. The molecule has 0 unspecified atom stereocenters. The molecule has 0 fully saturated rings. The third kappa shape index (κ3) is 5.00. The van der Waals surface area contributed by atoms with Crippen molar-refractivity contribution in [3.05, 3.63) is 59.7 Å². The van der Waals surface area contributed by atoms with Gasteiger partial charge in [0.25, 0.3) is 0 Å². The lowest BCUT2D eigenvalue weighted by molar-refractivity contribution is -0.141. The average Bonchev–Trinajstić information content (AvgIpc) is 2.70. The first-order chi connectivity index (χ1) is 12.9. The van der Waals surface area contributed by atoms with Crippen LogP contribution in [0.25, 0.3) is 0 Å². The van der Waals surface area contributed by atoms with E-state index in [2.05, 4.69) is 10.6 Å². The van der Waals surface area contributed by atoms with Gasteiger partial charge in [-0.05, 0) is 26.0 Å². The number of carbonyl (C=O) groups is 2. The molecule has 2 aromatic carbocycles. The Morgan fingerprint density at radius 1 is 0.778 bits per heavy atom. The van der Waals surface area contributed by atoms with Gasteiger partial charge in [0, 0.05) is 24.2 Å². The minimum Gasteiger partial charge on any atom is -0.496 e. The van der Waals surface area contributed by atoms with Gasteiger partial charge in [0.15, 0.2) is 0 Å². The van der Waals surface area contributed by atoms with E-state index in [9.17, 15) is 9.59 Å². The van der Waals surface area contributed by atoms with E-state index < -0.39 is 5.41 Å². The van der Waals surface area contributed by atoms with Crippen molar-refractivity contribution < 1.29 is 19.1 Å². The number of methoxy groups -OCH3 is 2. The number of carbonyl (C=O) groups excluding carboxylic acids is 2. The summed E-state index contributed by atoms with van der Waals surface area (Å²) in [6, 6.07) is 14.9. The molecule has 0 aliphatic rings. The van der Waals surface area contributed by atoms with Crippen molar-refractivity contribution >= 4 is 11.8 Å². The quantitative estimate of drug-likeness (QED) is 0.701. The molecule has 2 amide bonds. The van der Waals surface area contributed by atoms with Gasteiger partial charge in [-0.15, -0.1) is 0 Å².